The van der Waals surface area contributed by atoms with Crippen LogP contribution in [0.2, 0.25) is 0 Å². The molecule has 0 spiro atoms. The van der Waals surface area contributed by atoms with Crippen molar-refractivity contribution in [3.8, 4) is 0 Å². The molecular formula is C16H24N4O4. The summed E-state index contributed by atoms with van der Waals surface area (Å²) in [4.78, 5) is 30.3. The van der Waals surface area contributed by atoms with Gasteiger partial charge in [-0.2, -0.15) is 0 Å². The van der Waals surface area contributed by atoms with Crippen LogP contribution in [-0.4, -0.2) is 52.7 Å². The topological polar surface area (TPSA) is 88.8 Å². The average Bonchev–Trinajstić information content (AvgIpc) is 2.93. The molecule has 0 saturated carbocycles. The summed E-state index contributed by atoms with van der Waals surface area (Å²) in [5, 5.41) is 10.7. The van der Waals surface area contributed by atoms with E-state index in [1.165, 1.54) is 12.3 Å². The Labute approximate surface area is 141 Å². The third-order valence-electron chi connectivity index (χ3n) is 3.82. The summed E-state index contributed by atoms with van der Waals surface area (Å²) in [6.07, 6.45) is 2.78. The maximum atomic E-state index is 12.3. The van der Waals surface area contributed by atoms with Crippen molar-refractivity contribution in [3.05, 3.63) is 28.4 Å². The number of likely N-dealkylation sites (tertiary alicyclic amines) is 1. The Bertz CT molecular complexity index is 597. The molecule has 0 bridgehead atoms. The Morgan fingerprint density at radius 3 is 2.75 bits per heavy atom. The van der Waals surface area contributed by atoms with Crippen molar-refractivity contribution in [2.45, 2.75) is 45.3 Å². The first kappa shape index (κ1) is 18.0. The van der Waals surface area contributed by atoms with Crippen LogP contribution >= 0.6 is 0 Å². The predicted octanol–water partition coefficient (Wildman–Crippen LogP) is 2.83. The molecule has 1 atom stereocenters. The van der Waals surface area contributed by atoms with Gasteiger partial charge in [0.05, 0.1) is 11.0 Å². The summed E-state index contributed by atoms with van der Waals surface area (Å²) in [5.74, 6) is 0.636. The summed E-state index contributed by atoms with van der Waals surface area (Å²) in [5.41, 5.74) is -0.556. The van der Waals surface area contributed by atoms with E-state index in [2.05, 4.69) is 4.98 Å². The standard InChI is InChI=1S/C16H24N4O4/c1-16(2,3)24-15(21)19-9-5-6-13(19)11-18(4)14-8-7-12(10-17-14)20(22)23/h7-8,10,13H,5-6,9,11H2,1-4H3. The molecule has 8 heteroatoms. The summed E-state index contributed by atoms with van der Waals surface area (Å²) < 4.78 is 5.46. The minimum Gasteiger partial charge on any atom is -0.444 e. The summed E-state index contributed by atoms with van der Waals surface area (Å²) in [6.45, 7) is 6.83. The molecule has 132 valence electrons. The van der Waals surface area contributed by atoms with Crippen molar-refractivity contribution in [2.75, 3.05) is 25.0 Å². The highest BCUT2D eigenvalue weighted by atomic mass is 16.6. The molecule has 1 aliphatic heterocycles. The van der Waals surface area contributed by atoms with E-state index < -0.39 is 10.5 Å². The van der Waals surface area contributed by atoms with Gasteiger partial charge in [-0.15, -0.1) is 0 Å². The smallest absolute Gasteiger partial charge is 0.410 e. The van der Waals surface area contributed by atoms with Crippen LogP contribution in [0.3, 0.4) is 0 Å². The van der Waals surface area contributed by atoms with Gasteiger partial charge in [-0.25, -0.2) is 9.78 Å². The van der Waals surface area contributed by atoms with Crippen LogP contribution in [0.25, 0.3) is 0 Å². The Morgan fingerprint density at radius 1 is 1.50 bits per heavy atom. The lowest BCUT2D eigenvalue weighted by molar-refractivity contribution is -0.385. The second kappa shape index (κ2) is 7.02. The lowest BCUT2D eigenvalue weighted by Gasteiger charge is -2.31. The summed E-state index contributed by atoms with van der Waals surface area (Å²) in [7, 11) is 1.86. The molecule has 1 aliphatic rings. The number of anilines is 1. The normalized spacial score (nSPS) is 17.7. The molecule has 1 fully saturated rings. The highest BCUT2D eigenvalue weighted by molar-refractivity contribution is 5.69. The first-order valence-electron chi connectivity index (χ1n) is 7.98. The molecule has 0 N–H and O–H groups in total. The number of amides is 1. The maximum absolute atomic E-state index is 12.3. The van der Waals surface area contributed by atoms with Crippen LogP contribution in [0, 0.1) is 10.1 Å². The van der Waals surface area contributed by atoms with Crippen LogP contribution < -0.4 is 4.90 Å². The molecule has 8 nitrogen and oxygen atoms in total. The Balaban J connectivity index is 2.00. The SMILES string of the molecule is CN(CC1CCCN1C(=O)OC(C)(C)C)c1ccc([N+](=O)[O-])cn1. The zero-order chi connectivity index (χ0) is 17.9. The van der Waals surface area contributed by atoms with E-state index in [0.29, 0.717) is 18.9 Å². The van der Waals surface area contributed by atoms with Crippen LogP contribution in [0.4, 0.5) is 16.3 Å². The number of hydrogen-bond donors (Lipinski definition) is 0. The fraction of sp³-hybridized carbons (Fsp3) is 0.625. The summed E-state index contributed by atoms with van der Waals surface area (Å²) >= 11 is 0. The van der Waals surface area contributed by atoms with Crippen LogP contribution in [0.5, 0.6) is 0 Å². The van der Waals surface area contributed by atoms with E-state index in [1.54, 1.807) is 11.0 Å². The van der Waals surface area contributed by atoms with Crippen LogP contribution in [0.1, 0.15) is 33.6 Å². The van der Waals surface area contributed by atoms with Gasteiger partial charge in [0.1, 0.15) is 17.6 Å². The molecule has 2 heterocycles. The zero-order valence-electron chi connectivity index (χ0n) is 14.6. The first-order valence-corrected chi connectivity index (χ1v) is 7.98. The molecule has 0 aliphatic carbocycles. The van der Waals surface area contributed by atoms with Gasteiger partial charge in [0.2, 0.25) is 0 Å². The van der Waals surface area contributed by atoms with Crippen molar-refractivity contribution in [1.29, 1.82) is 0 Å². The first-order chi connectivity index (χ1) is 11.2. The molecule has 1 unspecified atom stereocenters. The third-order valence-corrected chi connectivity index (χ3v) is 3.82. The largest absolute Gasteiger partial charge is 0.444 e. The Kier molecular flexibility index (Phi) is 5.26. The maximum Gasteiger partial charge on any atom is 0.410 e. The second-order valence-electron chi connectivity index (χ2n) is 6.98. The van der Waals surface area contributed by atoms with Crippen molar-refractivity contribution >= 4 is 17.6 Å². The number of likely N-dealkylation sites (N-methyl/N-ethyl adjacent to an activating group) is 1. The number of nitro groups is 1. The minimum absolute atomic E-state index is 0.0385. The van der Waals surface area contributed by atoms with E-state index in [0.717, 1.165) is 12.8 Å². The van der Waals surface area contributed by atoms with E-state index in [1.807, 2.05) is 32.7 Å². The van der Waals surface area contributed by atoms with Gasteiger partial charge in [0.15, 0.2) is 0 Å². The molecular weight excluding hydrogens is 312 g/mol. The van der Waals surface area contributed by atoms with Crippen molar-refractivity contribution in [1.82, 2.24) is 9.88 Å². The molecule has 24 heavy (non-hydrogen) atoms. The van der Waals surface area contributed by atoms with Gasteiger partial charge in [-0.1, -0.05) is 0 Å². The van der Waals surface area contributed by atoms with Gasteiger partial charge in [0.25, 0.3) is 5.69 Å². The lowest BCUT2D eigenvalue weighted by atomic mass is 10.2. The monoisotopic (exact) mass is 336 g/mol. The van der Waals surface area contributed by atoms with Gasteiger partial charge in [-0.05, 0) is 39.7 Å². The number of aromatic nitrogens is 1. The Hall–Kier alpha value is -2.38. The number of nitrogens with zero attached hydrogens (tertiary/aromatic N) is 4. The molecule has 2 rings (SSSR count). The molecule has 1 saturated heterocycles. The van der Waals surface area contributed by atoms with Crippen LogP contribution in [-0.2, 0) is 4.74 Å². The summed E-state index contributed by atoms with van der Waals surface area (Å²) in [6, 6.07) is 3.09. The number of rotatable bonds is 4. The van der Waals surface area contributed by atoms with Crippen molar-refractivity contribution < 1.29 is 14.5 Å². The van der Waals surface area contributed by atoms with E-state index in [9.17, 15) is 14.9 Å². The van der Waals surface area contributed by atoms with Gasteiger partial charge in [-0.3, -0.25) is 10.1 Å². The third kappa shape index (κ3) is 4.56. The molecule has 1 amide bonds. The van der Waals surface area contributed by atoms with Gasteiger partial charge in [0, 0.05) is 26.2 Å². The predicted molar refractivity (Wildman–Crippen MR) is 90.1 cm³/mol. The molecule has 0 radical (unpaired) electrons. The van der Waals surface area contributed by atoms with Crippen molar-refractivity contribution in [2.24, 2.45) is 0 Å². The fourth-order valence-corrected chi connectivity index (χ4v) is 2.71. The Morgan fingerprint density at radius 2 is 2.21 bits per heavy atom. The molecule has 1 aromatic rings. The minimum atomic E-state index is -0.518. The van der Waals surface area contributed by atoms with Crippen LogP contribution in [0.15, 0.2) is 18.3 Å². The second-order valence-corrected chi connectivity index (χ2v) is 6.98. The van der Waals surface area contributed by atoms with Gasteiger partial charge >= 0.3 is 6.09 Å². The highest BCUT2D eigenvalue weighted by Gasteiger charge is 2.32. The molecule has 1 aromatic heterocycles. The zero-order valence-corrected chi connectivity index (χ0v) is 14.6. The number of carbonyl (C=O) groups is 1. The average molecular weight is 336 g/mol. The number of pyridine rings is 1. The highest BCUT2D eigenvalue weighted by Crippen LogP contribution is 2.23. The van der Waals surface area contributed by atoms with Crippen molar-refractivity contribution in [3.63, 3.8) is 0 Å². The molecule has 0 aromatic carbocycles. The number of ether oxygens (including phenoxy) is 1. The quantitative estimate of drug-likeness (QED) is 0.620. The van der Waals surface area contributed by atoms with E-state index in [4.69, 9.17) is 4.74 Å². The van der Waals surface area contributed by atoms with E-state index >= 15 is 0 Å². The number of hydrogen-bond acceptors (Lipinski definition) is 6. The number of carbonyl (C=O) groups excluding carboxylic acids is 1. The van der Waals surface area contributed by atoms with E-state index in [-0.39, 0.29) is 17.8 Å². The lowest BCUT2D eigenvalue weighted by Crippen LogP contribution is -2.44. The fourth-order valence-electron chi connectivity index (χ4n) is 2.71. The van der Waals surface area contributed by atoms with Gasteiger partial charge < -0.3 is 14.5 Å².